The lowest BCUT2D eigenvalue weighted by Crippen LogP contribution is -2.38. The Labute approximate surface area is 121 Å². The average molecular weight is 285 g/mol. The summed E-state index contributed by atoms with van der Waals surface area (Å²) in [5.74, 6) is 0.940. The van der Waals surface area contributed by atoms with Crippen molar-refractivity contribution in [2.24, 2.45) is 5.92 Å². The molecule has 1 rings (SSSR count). The lowest BCUT2D eigenvalue weighted by molar-refractivity contribution is 0.304. The number of benzene rings is 1. The Morgan fingerprint density at radius 2 is 2.00 bits per heavy atom. The van der Waals surface area contributed by atoms with Crippen molar-refractivity contribution in [1.29, 1.82) is 0 Å². The Bertz CT molecular complexity index is 384. The second-order valence-electron chi connectivity index (χ2n) is 5.74. The third-order valence-corrected chi connectivity index (χ3v) is 3.20. The minimum absolute atomic E-state index is 0.296. The van der Waals surface area contributed by atoms with E-state index in [0.717, 1.165) is 18.5 Å². The van der Waals surface area contributed by atoms with Gasteiger partial charge < -0.3 is 15.3 Å². The summed E-state index contributed by atoms with van der Waals surface area (Å²) in [7, 11) is 4.15. The smallest absolute Gasteiger partial charge is 0.120 e. The van der Waals surface area contributed by atoms with Gasteiger partial charge in [0, 0.05) is 29.7 Å². The molecule has 0 spiro atoms. The van der Waals surface area contributed by atoms with Crippen LogP contribution in [0.25, 0.3) is 0 Å². The Morgan fingerprint density at radius 3 is 2.58 bits per heavy atom. The molecule has 19 heavy (non-hydrogen) atoms. The van der Waals surface area contributed by atoms with Crippen LogP contribution < -0.4 is 5.32 Å². The zero-order valence-corrected chi connectivity index (χ0v) is 13.0. The zero-order valence-electron chi connectivity index (χ0n) is 12.3. The molecule has 0 aliphatic carbocycles. The molecule has 1 atom stereocenters. The minimum atomic E-state index is 0.296. The van der Waals surface area contributed by atoms with Crippen LogP contribution in [0.1, 0.15) is 25.8 Å². The molecule has 0 amide bonds. The Hall–Kier alpha value is -0.770. The maximum Gasteiger partial charge on any atom is 0.120 e. The number of aromatic hydroxyl groups is 1. The van der Waals surface area contributed by atoms with Crippen LogP contribution in [0.2, 0.25) is 5.02 Å². The van der Waals surface area contributed by atoms with Crippen LogP contribution in [-0.2, 0) is 6.54 Å². The molecule has 0 saturated heterocycles. The molecule has 0 bridgehead atoms. The maximum atomic E-state index is 9.80. The van der Waals surface area contributed by atoms with Crippen LogP contribution >= 0.6 is 11.6 Å². The lowest BCUT2D eigenvalue weighted by atomic mass is 10.0. The van der Waals surface area contributed by atoms with Crippen molar-refractivity contribution in [3.63, 3.8) is 0 Å². The standard InChI is InChI=1S/C15H25ClN2O/c1-11(2)7-14(10-18(3)4)17-9-12-8-13(16)5-6-15(12)19/h5-6,8,11,14,17,19H,7,9-10H2,1-4H3. The SMILES string of the molecule is CC(C)CC(CN(C)C)NCc1cc(Cl)ccc1O. The Balaban J connectivity index is 2.61. The summed E-state index contributed by atoms with van der Waals surface area (Å²) in [6, 6.07) is 5.56. The second kappa shape index (κ2) is 7.73. The summed E-state index contributed by atoms with van der Waals surface area (Å²) in [6.07, 6.45) is 1.11. The van der Waals surface area contributed by atoms with Crippen molar-refractivity contribution in [1.82, 2.24) is 10.2 Å². The molecule has 0 radical (unpaired) electrons. The van der Waals surface area contributed by atoms with Gasteiger partial charge in [0.1, 0.15) is 5.75 Å². The molecule has 108 valence electrons. The van der Waals surface area contributed by atoms with Crippen molar-refractivity contribution in [2.45, 2.75) is 32.9 Å². The molecule has 1 unspecified atom stereocenters. The van der Waals surface area contributed by atoms with Gasteiger partial charge in [-0.3, -0.25) is 0 Å². The molecule has 4 heteroatoms. The van der Waals surface area contributed by atoms with Crippen molar-refractivity contribution < 1.29 is 5.11 Å². The average Bonchev–Trinajstić information content (AvgIpc) is 2.28. The minimum Gasteiger partial charge on any atom is -0.508 e. The monoisotopic (exact) mass is 284 g/mol. The van der Waals surface area contributed by atoms with Crippen LogP contribution in [0, 0.1) is 5.92 Å². The van der Waals surface area contributed by atoms with E-state index in [-0.39, 0.29) is 0 Å². The molecule has 0 heterocycles. The van der Waals surface area contributed by atoms with E-state index >= 15 is 0 Å². The van der Waals surface area contributed by atoms with E-state index in [2.05, 4.69) is 38.2 Å². The van der Waals surface area contributed by atoms with E-state index in [4.69, 9.17) is 11.6 Å². The van der Waals surface area contributed by atoms with Crippen LogP contribution in [0.5, 0.6) is 5.75 Å². The molecule has 1 aromatic rings. The van der Waals surface area contributed by atoms with Gasteiger partial charge in [-0.25, -0.2) is 0 Å². The van der Waals surface area contributed by atoms with Gasteiger partial charge in [0.05, 0.1) is 0 Å². The van der Waals surface area contributed by atoms with Gasteiger partial charge in [0.2, 0.25) is 0 Å². The predicted molar refractivity (Wildman–Crippen MR) is 81.8 cm³/mol. The summed E-state index contributed by atoms with van der Waals surface area (Å²) >= 11 is 5.95. The Kier molecular flexibility index (Phi) is 6.63. The number of phenolic OH excluding ortho intramolecular Hbond substituents is 1. The molecule has 3 nitrogen and oxygen atoms in total. The molecule has 0 aliphatic heterocycles. The fourth-order valence-electron chi connectivity index (χ4n) is 2.18. The molecular formula is C15H25ClN2O. The molecule has 0 aromatic heterocycles. The van der Waals surface area contributed by atoms with Crippen molar-refractivity contribution in [3.05, 3.63) is 28.8 Å². The number of nitrogens with zero attached hydrogens (tertiary/aromatic N) is 1. The molecule has 0 saturated carbocycles. The van der Waals surface area contributed by atoms with E-state index in [1.165, 1.54) is 0 Å². The van der Waals surface area contributed by atoms with Crippen molar-refractivity contribution in [2.75, 3.05) is 20.6 Å². The first kappa shape index (κ1) is 16.3. The third kappa shape index (κ3) is 6.28. The van der Waals surface area contributed by atoms with Crippen molar-refractivity contribution in [3.8, 4) is 5.75 Å². The second-order valence-corrected chi connectivity index (χ2v) is 6.18. The summed E-state index contributed by atoms with van der Waals surface area (Å²) in [6.45, 7) is 6.07. The number of nitrogens with one attached hydrogen (secondary N) is 1. The van der Waals surface area contributed by atoms with Crippen molar-refractivity contribution >= 4 is 11.6 Å². The fourth-order valence-corrected chi connectivity index (χ4v) is 2.38. The summed E-state index contributed by atoms with van der Waals surface area (Å²) in [5.41, 5.74) is 0.847. The van der Waals surface area contributed by atoms with E-state index in [9.17, 15) is 5.11 Å². The first-order valence-electron chi connectivity index (χ1n) is 6.74. The fraction of sp³-hybridized carbons (Fsp3) is 0.600. The van der Waals surface area contributed by atoms with Gasteiger partial charge in [-0.1, -0.05) is 25.4 Å². The van der Waals surface area contributed by atoms with Gasteiger partial charge in [-0.05, 0) is 44.6 Å². The number of hydrogen-bond acceptors (Lipinski definition) is 3. The van der Waals surface area contributed by atoms with E-state index in [1.807, 2.05) is 6.07 Å². The quantitative estimate of drug-likeness (QED) is 0.808. The molecular weight excluding hydrogens is 260 g/mol. The number of hydrogen-bond donors (Lipinski definition) is 2. The molecule has 1 aromatic carbocycles. The Morgan fingerprint density at radius 1 is 1.32 bits per heavy atom. The number of rotatable bonds is 7. The zero-order chi connectivity index (χ0) is 14.4. The lowest BCUT2D eigenvalue weighted by Gasteiger charge is -2.24. The van der Waals surface area contributed by atoms with Gasteiger partial charge in [-0.15, -0.1) is 0 Å². The van der Waals surface area contributed by atoms with E-state index < -0.39 is 0 Å². The topological polar surface area (TPSA) is 35.5 Å². The van der Waals surface area contributed by atoms with E-state index in [1.54, 1.807) is 12.1 Å². The molecule has 0 fully saturated rings. The normalized spacial score (nSPS) is 13.2. The predicted octanol–water partition coefficient (Wildman–Crippen LogP) is 3.11. The van der Waals surface area contributed by atoms with Gasteiger partial charge in [-0.2, -0.15) is 0 Å². The number of halogens is 1. The summed E-state index contributed by atoms with van der Waals surface area (Å²) in [4.78, 5) is 2.18. The first-order chi connectivity index (χ1) is 8.88. The largest absolute Gasteiger partial charge is 0.508 e. The first-order valence-corrected chi connectivity index (χ1v) is 7.11. The van der Waals surface area contributed by atoms with E-state index in [0.29, 0.717) is 29.3 Å². The van der Waals surface area contributed by atoms with Gasteiger partial charge >= 0.3 is 0 Å². The molecule has 0 aliphatic rings. The van der Waals surface area contributed by atoms with Gasteiger partial charge in [0.15, 0.2) is 0 Å². The number of likely N-dealkylation sites (N-methyl/N-ethyl adjacent to an activating group) is 1. The highest BCUT2D eigenvalue weighted by molar-refractivity contribution is 6.30. The third-order valence-electron chi connectivity index (χ3n) is 2.96. The van der Waals surface area contributed by atoms with Crippen LogP contribution in [0.3, 0.4) is 0 Å². The highest BCUT2D eigenvalue weighted by atomic mass is 35.5. The maximum absolute atomic E-state index is 9.80. The van der Waals surface area contributed by atoms with Crippen LogP contribution in [-0.4, -0.2) is 36.7 Å². The van der Waals surface area contributed by atoms with Gasteiger partial charge in [0.25, 0.3) is 0 Å². The summed E-state index contributed by atoms with van der Waals surface area (Å²) in [5, 5.41) is 14.0. The molecule has 2 N–H and O–H groups in total. The highest BCUT2D eigenvalue weighted by Gasteiger charge is 2.12. The number of phenols is 1. The van der Waals surface area contributed by atoms with Crippen LogP contribution in [0.4, 0.5) is 0 Å². The van der Waals surface area contributed by atoms with Crippen LogP contribution in [0.15, 0.2) is 18.2 Å². The summed E-state index contributed by atoms with van der Waals surface area (Å²) < 4.78 is 0. The highest BCUT2D eigenvalue weighted by Crippen LogP contribution is 2.21.